The monoisotopic (exact) mass is 318 g/mol. The van der Waals surface area contributed by atoms with Crippen molar-refractivity contribution in [3.8, 4) is 0 Å². The number of nitrogens with zero attached hydrogens (tertiary/aromatic N) is 1. The van der Waals surface area contributed by atoms with E-state index in [1.54, 1.807) is 4.57 Å². The first-order valence-corrected chi connectivity index (χ1v) is 8.93. The SMILES string of the molecule is CCn1cc(S(=O)(=O)Cl)cc1C(=O)NC(C)(C)C1CC1. The molecule has 1 aromatic rings. The maximum Gasteiger partial charge on any atom is 0.268 e. The molecule has 0 aliphatic heterocycles. The van der Waals surface area contributed by atoms with Gasteiger partial charge < -0.3 is 9.88 Å². The first-order chi connectivity index (χ1) is 9.15. The van der Waals surface area contributed by atoms with Crippen molar-refractivity contribution in [2.45, 2.75) is 50.6 Å². The Morgan fingerprint density at radius 3 is 2.55 bits per heavy atom. The van der Waals surface area contributed by atoms with Crippen molar-refractivity contribution >= 4 is 25.6 Å². The van der Waals surface area contributed by atoms with Crippen molar-refractivity contribution in [3.63, 3.8) is 0 Å². The summed E-state index contributed by atoms with van der Waals surface area (Å²) in [6.07, 6.45) is 3.62. The molecule has 1 amide bonds. The molecular weight excluding hydrogens is 300 g/mol. The van der Waals surface area contributed by atoms with Crippen molar-refractivity contribution < 1.29 is 13.2 Å². The molecular formula is C13H19ClN2O3S. The van der Waals surface area contributed by atoms with Gasteiger partial charge in [-0.1, -0.05) is 0 Å². The maximum atomic E-state index is 12.3. The van der Waals surface area contributed by atoms with E-state index in [0.717, 1.165) is 12.8 Å². The summed E-state index contributed by atoms with van der Waals surface area (Å²) in [6.45, 7) is 6.31. The minimum absolute atomic E-state index is 0.0459. The first kappa shape index (κ1) is 15.4. The number of amides is 1. The second kappa shape index (κ2) is 5.07. The van der Waals surface area contributed by atoms with Gasteiger partial charge in [-0.15, -0.1) is 0 Å². The molecule has 112 valence electrons. The summed E-state index contributed by atoms with van der Waals surface area (Å²) in [5, 5.41) is 2.98. The topological polar surface area (TPSA) is 68.2 Å². The van der Waals surface area contributed by atoms with Crippen LogP contribution in [0.3, 0.4) is 0 Å². The summed E-state index contributed by atoms with van der Waals surface area (Å²) in [4.78, 5) is 12.3. The first-order valence-electron chi connectivity index (χ1n) is 6.62. The van der Waals surface area contributed by atoms with E-state index in [1.165, 1.54) is 12.3 Å². The van der Waals surface area contributed by atoms with Crippen LogP contribution in [-0.2, 0) is 15.6 Å². The molecule has 0 bridgehead atoms. The van der Waals surface area contributed by atoms with Crippen LogP contribution < -0.4 is 5.32 Å². The smallest absolute Gasteiger partial charge is 0.268 e. The third-order valence-corrected chi connectivity index (χ3v) is 5.08. The molecule has 1 N–H and O–H groups in total. The molecule has 1 aromatic heterocycles. The van der Waals surface area contributed by atoms with Crippen molar-refractivity contribution in [1.82, 2.24) is 9.88 Å². The molecule has 1 aliphatic carbocycles. The number of carbonyl (C=O) groups is 1. The minimum atomic E-state index is -3.82. The van der Waals surface area contributed by atoms with Gasteiger partial charge in [0.2, 0.25) is 0 Å². The van der Waals surface area contributed by atoms with Crippen LogP contribution in [0.2, 0.25) is 0 Å². The Kier molecular flexibility index (Phi) is 3.90. The lowest BCUT2D eigenvalue weighted by Gasteiger charge is -2.26. The number of rotatable bonds is 5. The molecule has 1 fully saturated rings. The van der Waals surface area contributed by atoms with Gasteiger partial charge in [0.1, 0.15) is 10.6 Å². The Bertz CT molecular complexity index is 630. The van der Waals surface area contributed by atoms with E-state index in [4.69, 9.17) is 10.7 Å². The Morgan fingerprint density at radius 1 is 1.50 bits per heavy atom. The Hall–Kier alpha value is -1.01. The normalized spacial score (nSPS) is 16.2. The minimum Gasteiger partial charge on any atom is -0.346 e. The predicted octanol–water partition coefficient (Wildman–Crippen LogP) is 2.35. The number of aromatic nitrogens is 1. The molecule has 0 spiro atoms. The lowest BCUT2D eigenvalue weighted by atomic mass is 9.98. The van der Waals surface area contributed by atoms with Crippen molar-refractivity contribution in [1.29, 1.82) is 0 Å². The van der Waals surface area contributed by atoms with E-state index in [1.807, 2.05) is 20.8 Å². The number of carbonyl (C=O) groups excluding carboxylic acids is 1. The van der Waals surface area contributed by atoms with E-state index in [0.29, 0.717) is 18.2 Å². The average Bonchev–Trinajstić information content (AvgIpc) is 3.06. The van der Waals surface area contributed by atoms with Crippen LogP contribution in [0.4, 0.5) is 0 Å². The quantitative estimate of drug-likeness (QED) is 0.847. The molecule has 1 saturated carbocycles. The van der Waals surface area contributed by atoms with E-state index in [-0.39, 0.29) is 16.3 Å². The van der Waals surface area contributed by atoms with Crippen LogP contribution in [0.5, 0.6) is 0 Å². The van der Waals surface area contributed by atoms with Crippen LogP contribution in [0.1, 0.15) is 44.1 Å². The zero-order valence-corrected chi connectivity index (χ0v) is 13.4. The summed E-state index contributed by atoms with van der Waals surface area (Å²) in [6, 6.07) is 1.32. The molecule has 20 heavy (non-hydrogen) atoms. The second-order valence-electron chi connectivity index (χ2n) is 5.73. The average molecular weight is 319 g/mol. The predicted molar refractivity (Wildman–Crippen MR) is 77.4 cm³/mol. The fraction of sp³-hybridized carbons (Fsp3) is 0.615. The standard InChI is InChI=1S/C13H19ClN2O3S/c1-4-16-8-10(20(14,18)19)7-11(16)12(17)15-13(2,3)9-5-6-9/h7-9H,4-6H2,1-3H3,(H,15,17). The fourth-order valence-electron chi connectivity index (χ4n) is 2.33. The second-order valence-corrected chi connectivity index (χ2v) is 8.30. The number of hydrogen-bond donors (Lipinski definition) is 1. The van der Waals surface area contributed by atoms with Gasteiger partial charge in [0.15, 0.2) is 0 Å². The van der Waals surface area contributed by atoms with Crippen molar-refractivity contribution in [3.05, 3.63) is 18.0 Å². The van der Waals surface area contributed by atoms with E-state index < -0.39 is 9.05 Å². The van der Waals surface area contributed by atoms with Crippen molar-refractivity contribution in [2.75, 3.05) is 0 Å². The highest BCUT2D eigenvalue weighted by Crippen LogP contribution is 2.39. The zero-order chi connectivity index (χ0) is 15.1. The fourth-order valence-corrected chi connectivity index (χ4v) is 3.09. The molecule has 0 radical (unpaired) electrons. The van der Waals surface area contributed by atoms with Gasteiger partial charge in [0, 0.05) is 29.0 Å². The number of halogens is 1. The van der Waals surface area contributed by atoms with Gasteiger partial charge in [-0.3, -0.25) is 4.79 Å². The number of aryl methyl sites for hydroxylation is 1. The Balaban J connectivity index is 2.27. The third kappa shape index (κ3) is 3.17. The van der Waals surface area contributed by atoms with Crippen LogP contribution in [-0.4, -0.2) is 24.4 Å². The van der Waals surface area contributed by atoms with Crippen molar-refractivity contribution in [2.24, 2.45) is 5.92 Å². The molecule has 1 aliphatic rings. The third-order valence-electron chi connectivity index (χ3n) is 3.76. The van der Waals surface area contributed by atoms with Crippen LogP contribution in [0, 0.1) is 5.92 Å². The van der Waals surface area contributed by atoms with Crippen LogP contribution in [0.25, 0.3) is 0 Å². The Morgan fingerprint density at radius 2 is 2.10 bits per heavy atom. The Labute approximate surface area is 123 Å². The van der Waals surface area contributed by atoms with Gasteiger partial charge in [0.25, 0.3) is 15.0 Å². The van der Waals surface area contributed by atoms with Crippen LogP contribution in [0.15, 0.2) is 17.2 Å². The van der Waals surface area contributed by atoms with E-state index in [2.05, 4.69) is 5.32 Å². The molecule has 5 nitrogen and oxygen atoms in total. The van der Waals surface area contributed by atoms with Gasteiger partial charge in [-0.05, 0) is 45.6 Å². The molecule has 0 aromatic carbocycles. The molecule has 0 saturated heterocycles. The highest BCUT2D eigenvalue weighted by molar-refractivity contribution is 8.13. The number of nitrogens with one attached hydrogen (secondary N) is 1. The highest BCUT2D eigenvalue weighted by Gasteiger charge is 2.39. The van der Waals surface area contributed by atoms with Gasteiger partial charge >= 0.3 is 0 Å². The van der Waals surface area contributed by atoms with E-state index >= 15 is 0 Å². The number of hydrogen-bond acceptors (Lipinski definition) is 3. The summed E-state index contributed by atoms with van der Waals surface area (Å²) >= 11 is 0. The summed E-state index contributed by atoms with van der Waals surface area (Å²) < 4.78 is 24.3. The molecule has 1 heterocycles. The molecule has 0 unspecified atom stereocenters. The van der Waals surface area contributed by atoms with Gasteiger partial charge in [-0.2, -0.15) is 0 Å². The highest BCUT2D eigenvalue weighted by atomic mass is 35.7. The molecule has 2 rings (SSSR count). The zero-order valence-electron chi connectivity index (χ0n) is 11.8. The molecule has 7 heteroatoms. The summed E-state index contributed by atoms with van der Waals surface area (Å²) in [5.41, 5.74) is 0.0420. The van der Waals surface area contributed by atoms with Crippen LogP contribution >= 0.6 is 10.7 Å². The molecule has 0 atom stereocenters. The largest absolute Gasteiger partial charge is 0.346 e. The lowest BCUT2D eigenvalue weighted by molar-refractivity contribution is 0.0894. The van der Waals surface area contributed by atoms with Gasteiger partial charge in [-0.25, -0.2) is 8.42 Å². The van der Waals surface area contributed by atoms with E-state index in [9.17, 15) is 13.2 Å². The summed E-state index contributed by atoms with van der Waals surface area (Å²) in [5.74, 6) is 0.225. The maximum absolute atomic E-state index is 12.3. The lowest BCUT2D eigenvalue weighted by Crippen LogP contribution is -2.45. The van der Waals surface area contributed by atoms with Gasteiger partial charge in [0.05, 0.1) is 0 Å². The summed E-state index contributed by atoms with van der Waals surface area (Å²) in [7, 11) is 1.50.